The first-order valence-electron chi connectivity index (χ1n) is 4.24. The number of rotatable bonds is 2. The fourth-order valence-corrected chi connectivity index (χ4v) is 1.09. The van der Waals surface area contributed by atoms with E-state index in [1.165, 1.54) is 30.7 Å². The Hall–Kier alpha value is -2.37. The van der Waals surface area contributed by atoms with Gasteiger partial charge in [-0.2, -0.15) is 9.83 Å². The molecule has 6 nitrogen and oxygen atoms in total. The van der Waals surface area contributed by atoms with Gasteiger partial charge in [0, 0.05) is 18.3 Å². The smallest absolute Gasteiger partial charge is 0.256 e. The van der Waals surface area contributed by atoms with E-state index < -0.39 is 0 Å². The first-order chi connectivity index (χ1) is 7.25. The number of carbonyl (C=O) groups excluding carboxylic acids is 1. The van der Waals surface area contributed by atoms with Gasteiger partial charge in [0.15, 0.2) is 12.4 Å². The molecule has 2 aromatic heterocycles. The van der Waals surface area contributed by atoms with Crippen LogP contribution < -0.4 is 10.0 Å². The average molecular weight is 204 g/mol. The van der Waals surface area contributed by atoms with Gasteiger partial charge in [-0.3, -0.25) is 9.89 Å². The predicted molar refractivity (Wildman–Crippen MR) is 51.9 cm³/mol. The Morgan fingerprint density at radius 3 is 2.80 bits per heavy atom. The molecule has 0 aromatic carbocycles. The molecule has 2 heterocycles. The van der Waals surface area contributed by atoms with Crippen molar-refractivity contribution in [1.82, 2.24) is 10.2 Å². The number of aromatic nitrogens is 3. The molecule has 2 N–H and O–H groups in total. The van der Waals surface area contributed by atoms with Gasteiger partial charge in [-0.15, -0.1) is 0 Å². The Morgan fingerprint density at radius 2 is 2.20 bits per heavy atom. The Bertz CT molecular complexity index is 449. The molecule has 0 fully saturated rings. The summed E-state index contributed by atoms with van der Waals surface area (Å²) in [5.74, 6) is -0.281. The molecule has 76 valence electrons. The van der Waals surface area contributed by atoms with Crippen LogP contribution in [0.1, 0.15) is 10.4 Å². The highest BCUT2D eigenvalue weighted by Crippen LogP contribution is 2.04. The van der Waals surface area contributed by atoms with Crippen molar-refractivity contribution in [2.75, 3.05) is 5.32 Å². The van der Waals surface area contributed by atoms with Crippen LogP contribution in [0.25, 0.3) is 0 Å². The molecule has 15 heavy (non-hydrogen) atoms. The molecule has 6 heteroatoms. The minimum Gasteiger partial charge on any atom is -0.619 e. The van der Waals surface area contributed by atoms with Crippen LogP contribution in [-0.4, -0.2) is 16.1 Å². The number of hydrogen-bond acceptors (Lipinski definition) is 3. The first kappa shape index (κ1) is 9.20. The standard InChI is InChI=1S/C9H8N4O2/c14-9(12-8-5-10-11-6-8)7-1-3-13(15)4-2-7/h1-6H,(H,10,11)(H,12,14). The molecule has 0 saturated carbocycles. The summed E-state index contributed by atoms with van der Waals surface area (Å²) in [5.41, 5.74) is 1.00. The number of amides is 1. The Kier molecular flexibility index (Phi) is 2.32. The van der Waals surface area contributed by atoms with Gasteiger partial charge in [0.05, 0.1) is 17.4 Å². The maximum Gasteiger partial charge on any atom is 0.256 e. The fraction of sp³-hybridized carbons (Fsp3) is 0. The lowest BCUT2D eigenvalue weighted by atomic mass is 10.2. The summed E-state index contributed by atoms with van der Waals surface area (Å²) in [4.78, 5) is 11.6. The summed E-state index contributed by atoms with van der Waals surface area (Å²) in [6.07, 6.45) is 5.60. The number of carbonyl (C=O) groups is 1. The van der Waals surface area contributed by atoms with Gasteiger partial charge >= 0.3 is 0 Å². The molecule has 0 aliphatic rings. The molecule has 0 aliphatic heterocycles. The Morgan fingerprint density at radius 1 is 1.47 bits per heavy atom. The molecule has 2 aromatic rings. The monoisotopic (exact) mass is 204 g/mol. The normalized spacial score (nSPS) is 9.87. The average Bonchev–Trinajstić information content (AvgIpc) is 2.71. The second kappa shape index (κ2) is 3.79. The van der Waals surface area contributed by atoms with Crippen LogP contribution in [0, 0.1) is 5.21 Å². The van der Waals surface area contributed by atoms with Crippen molar-refractivity contribution in [3.05, 3.63) is 47.7 Å². The molecule has 2 rings (SSSR count). The van der Waals surface area contributed by atoms with Crippen molar-refractivity contribution >= 4 is 11.6 Å². The number of hydrogen-bond donors (Lipinski definition) is 2. The summed E-state index contributed by atoms with van der Waals surface area (Å²) < 4.78 is 0.620. The third kappa shape index (κ3) is 2.11. The molecule has 0 atom stereocenters. The van der Waals surface area contributed by atoms with E-state index >= 15 is 0 Å². The highest BCUT2D eigenvalue weighted by atomic mass is 16.5. The van der Waals surface area contributed by atoms with Gasteiger partial charge < -0.3 is 10.5 Å². The number of anilines is 1. The van der Waals surface area contributed by atoms with E-state index in [1.54, 1.807) is 6.20 Å². The number of aromatic amines is 1. The quantitative estimate of drug-likeness (QED) is 0.544. The van der Waals surface area contributed by atoms with E-state index in [2.05, 4.69) is 15.5 Å². The van der Waals surface area contributed by atoms with E-state index in [-0.39, 0.29) is 5.91 Å². The molecule has 0 spiro atoms. The van der Waals surface area contributed by atoms with Gasteiger partial charge in [-0.05, 0) is 0 Å². The summed E-state index contributed by atoms with van der Waals surface area (Å²) in [6, 6.07) is 2.89. The van der Waals surface area contributed by atoms with Crippen LogP contribution in [0.15, 0.2) is 36.9 Å². The van der Waals surface area contributed by atoms with Crippen LogP contribution in [0.4, 0.5) is 5.69 Å². The zero-order valence-electron chi connectivity index (χ0n) is 7.68. The topological polar surface area (TPSA) is 84.7 Å². The lowest BCUT2D eigenvalue weighted by Gasteiger charge is -2.01. The Labute approximate surface area is 85.1 Å². The summed E-state index contributed by atoms with van der Waals surface area (Å²) >= 11 is 0. The molecule has 0 aliphatic carbocycles. The number of H-pyrrole nitrogens is 1. The van der Waals surface area contributed by atoms with Gasteiger partial charge in [0.25, 0.3) is 5.91 Å². The van der Waals surface area contributed by atoms with Gasteiger partial charge in [-0.25, -0.2) is 0 Å². The van der Waals surface area contributed by atoms with E-state index in [9.17, 15) is 10.0 Å². The maximum atomic E-state index is 11.6. The van der Waals surface area contributed by atoms with Crippen molar-refractivity contribution in [1.29, 1.82) is 0 Å². The Balaban J connectivity index is 2.11. The number of pyridine rings is 1. The van der Waals surface area contributed by atoms with Crippen molar-refractivity contribution in [3.8, 4) is 0 Å². The van der Waals surface area contributed by atoms with Gasteiger partial charge in [-0.1, -0.05) is 0 Å². The van der Waals surface area contributed by atoms with Crippen LogP contribution in [-0.2, 0) is 0 Å². The number of nitrogens with zero attached hydrogens (tertiary/aromatic N) is 2. The van der Waals surface area contributed by atoms with Crippen LogP contribution >= 0.6 is 0 Å². The third-order valence-electron chi connectivity index (χ3n) is 1.82. The predicted octanol–water partition coefficient (Wildman–Crippen LogP) is 0.295. The molecule has 0 bridgehead atoms. The highest BCUT2D eigenvalue weighted by molar-refractivity contribution is 6.03. The third-order valence-corrected chi connectivity index (χ3v) is 1.82. The molecule has 0 radical (unpaired) electrons. The van der Waals surface area contributed by atoms with Crippen LogP contribution in [0.2, 0.25) is 0 Å². The van der Waals surface area contributed by atoms with E-state index in [0.717, 1.165) is 0 Å². The van der Waals surface area contributed by atoms with Crippen molar-refractivity contribution in [2.45, 2.75) is 0 Å². The fourth-order valence-electron chi connectivity index (χ4n) is 1.09. The lowest BCUT2D eigenvalue weighted by Crippen LogP contribution is -2.25. The minimum atomic E-state index is -0.281. The molecular formula is C9H8N4O2. The number of nitrogens with one attached hydrogen (secondary N) is 2. The second-order valence-electron chi connectivity index (χ2n) is 2.89. The molecular weight excluding hydrogens is 196 g/mol. The van der Waals surface area contributed by atoms with E-state index in [1.807, 2.05) is 0 Å². The van der Waals surface area contributed by atoms with E-state index in [0.29, 0.717) is 16.0 Å². The van der Waals surface area contributed by atoms with Crippen molar-refractivity contribution in [2.24, 2.45) is 0 Å². The lowest BCUT2D eigenvalue weighted by molar-refractivity contribution is -0.605. The maximum absolute atomic E-state index is 11.6. The van der Waals surface area contributed by atoms with Crippen LogP contribution in [0.3, 0.4) is 0 Å². The zero-order chi connectivity index (χ0) is 10.7. The minimum absolute atomic E-state index is 0.281. The molecule has 0 unspecified atom stereocenters. The van der Waals surface area contributed by atoms with Crippen LogP contribution in [0.5, 0.6) is 0 Å². The van der Waals surface area contributed by atoms with Gasteiger partial charge in [0.1, 0.15) is 0 Å². The van der Waals surface area contributed by atoms with Crippen molar-refractivity contribution < 1.29 is 9.52 Å². The second-order valence-corrected chi connectivity index (χ2v) is 2.89. The summed E-state index contributed by atoms with van der Waals surface area (Å²) in [5, 5.41) is 19.6. The van der Waals surface area contributed by atoms with E-state index in [4.69, 9.17) is 0 Å². The summed E-state index contributed by atoms with van der Waals surface area (Å²) in [7, 11) is 0. The summed E-state index contributed by atoms with van der Waals surface area (Å²) in [6.45, 7) is 0. The van der Waals surface area contributed by atoms with Crippen molar-refractivity contribution in [3.63, 3.8) is 0 Å². The molecule has 0 saturated heterocycles. The first-order valence-corrected chi connectivity index (χ1v) is 4.24. The van der Waals surface area contributed by atoms with Gasteiger partial charge in [0.2, 0.25) is 0 Å². The highest BCUT2D eigenvalue weighted by Gasteiger charge is 2.07. The zero-order valence-corrected chi connectivity index (χ0v) is 7.68. The largest absolute Gasteiger partial charge is 0.619 e. The SMILES string of the molecule is O=C(Nc1cn[nH]c1)c1cc[n+]([O-])cc1. The molecule has 1 amide bonds.